The van der Waals surface area contributed by atoms with Gasteiger partial charge in [-0.15, -0.1) is 0 Å². The van der Waals surface area contributed by atoms with E-state index in [1.807, 2.05) is 13.2 Å². The van der Waals surface area contributed by atoms with Crippen molar-refractivity contribution in [3.8, 4) is 0 Å². The molecule has 0 bridgehead atoms. The molecular formula is C24H31BrN4S+2. The molecule has 1 aliphatic rings. The average molecular weight is 488 g/mol. The molecule has 1 aliphatic heterocycles. The molecule has 2 aromatic heterocycles. The van der Waals surface area contributed by atoms with Crippen LogP contribution in [0.5, 0.6) is 0 Å². The lowest BCUT2D eigenvalue weighted by molar-refractivity contribution is -0.870. The largest absolute Gasteiger partial charge is 0.347 e. The van der Waals surface area contributed by atoms with E-state index in [4.69, 9.17) is 4.98 Å². The van der Waals surface area contributed by atoms with Gasteiger partial charge in [0.2, 0.25) is 5.01 Å². The number of quaternary nitrogens is 1. The van der Waals surface area contributed by atoms with Gasteiger partial charge >= 0.3 is 5.65 Å². The fourth-order valence-corrected chi connectivity index (χ4v) is 5.33. The Balaban J connectivity index is 0.00000256. The smallest absolute Gasteiger partial charge is 0.342 e. The normalized spacial score (nSPS) is 14.8. The van der Waals surface area contributed by atoms with Gasteiger partial charge in [-0.05, 0) is 44.7 Å². The van der Waals surface area contributed by atoms with Gasteiger partial charge in [0.05, 0.1) is 39.2 Å². The predicted molar refractivity (Wildman–Crippen MR) is 134 cm³/mol. The van der Waals surface area contributed by atoms with Crippen LogP contribution in [0.15, 0.2) is 53.3 Å². The van der Waals surface area contributed by atoms with E-state index in [0.717, 1.165) is 39.1 Å². The van der Waals surface area contributed by atoms with Gasteiger partial charge in [-0.3, -0.25) is 0 Å². The van der Waals surface area contributed by atoms with Crippen LogP contribution in [0.4, 0.5) is 5.69 Å². The summed E-state index contributed by atoms with van der Waals surface area (Å²) >= 11 is 5.30. The highest BCUT2D eigenvalue weighted by Crippen LogP contribution is 2.35. The Morgan fingerprint density at radius 3 is 2.77 bits per heavy atom. The molecule has 3 aromatic rings. The minimum atomic E-state index is 0. The third-order valence-electron chi connectivity index (χ3n) is 5.04. The molecule has 4 nitrogen and oxygen atoms in total. The summed E-state index contributed by atoms with van der Waals surface area (Å²) in [5.74, 6) is 0. The van der Waals surface area contributed by atoms with Gasteiger partial charge in [0, 0.05) is 36.5 Å². The van der Waals surface area contributed by atoms with Crippen LogP contribution in [0.1, 0.15) is 24.4 Å². The van der Waals surface area contributed by atoms with Crippen molar-refractivity contribution < 1.29 is 9.05 Å². The van der Waals surface area contributed by atoms with E-state index in [2.05, 4.69) is 95.2 Å². The Hall–Kier alpha value is -2.02. The number of anilines is 1. The second kappa shape index (κ2) is 9.00. The lowest BCUT2D eigenvalue weighted by atomic mass is 9.99. The van der Waals surface area contributed by atoms with Crippen molar-refractivity contribution in [3.63, 3.8) is 0 Å². The van der Waals surface area contributed by atoms with Crippen LogP contribution < -0.4 is 9.47 Å². The van der Waals surface area contributed by atoms with Crippen molar-refractivity contribution in [2.75, 3.05) is 39.1 Å². The van der Waals surface area contributed by atoms with Gasteiger partial charge in [0.1, 0.15) is 10.9 Å². The number of benzene rings is 1. The Morgan fingerprint density at radius 2 is 2.00 bits per heavy atom. The summed E-state index contributed by atoms with van der Waals surface area (Å²) in [5.41, 5.74) is 4.77. The van der Waals surface area contributed by atoms with E-state index < -0.39 is 0 Å². The van der Waals surface area contributed by atoms with Crippen molar-refractivity contribution >= 4 is 55.0 Å². The molecule has 0 fully saturated rings. The number of rotatable bonds is 5. The first-order chi connectivity index (χ1) is 13.8. The van der Waals surface area contributed by atoms with Crippen LogP contribution in [0.25, 0.3) is 22.0 Å². The molecule has 0 unspecified atom stereocenters. The van der Waals surface area contributed by atoms with Crippen LogP contribution >= 0.6 is 27.3 Å². The molecule has 4 rings (SSSR count). The summed E-state index contributed by atoms with van der Waals surface area (Å²) in [7, 11) is 8.78. The molecule has 0 radical (unpaired) electrons. The first-order valence-electron chi connectivity index (χ1n) is 9.82. The molecule has 0 aliphatic carbocycles. The summed E-state index contributed by atoms with van der Waals surface area (Å²) in [6, 6.07) is 10.8. The monoisotopic (exact) mass is 486 g/mol. The molecule has 3 heterocycles. The number of allylic oxidation sites excluding steroid dienone is 2. The lowest BCUT2D eigenvalue weighted by Crippen LogP contribution is -2.37. The van der Waals surface area contributed by atoms with Gasteiger partial charge < -0.3 is 9.38 Å². The topological polar surface area (TPSA) is 20.0 Å². The summed E-state index contributed by atoms with van der Waals surface area (Å²) in [6.07, 6.45) is 9.84. The molecule has 30 heavy (non-hydrogen) atoms. The fourth-order valence-electron chi connectivity index (χ4n) is 3.64. The first-order valence-corrected chi connectivity index (χ1v) is 11.4. The summed E-state index contributed by atoms with van der Waals surface area (Å²) < 4.78 is 5.32. The molecule has 0 saturated heterocycles. The van der Waals surface area contributed by atoms with E-state index >= 15 is 0 Å². The van der Waals surface area contributed by atoms with Gasteiger partial charge in [0.25, 0.3) is 0 Å². The zero-order valence-corrected chi connectivity index (χ0v) is 19.8. The molecule has 1 aromatic carbocycles. The molecule has 6 heteroatoms. The van der Waals surface area contributed by atoms with E-state index in [9.17, 15) is 0 Å². The van der Waals surface area contributed by atoms with Crippen molar-refractivity contribution in [2.24, 2.45) is 7.05 Å². The second-order valence-corrected chi connectivity index (χ2v) is 10.5. The van der Waals surface area contributed by atoms with E-state index in [0.29, 0.717) is 0 Å². The number of aryl methyl sites for hydroxylation is 1. The number of nitrogens with zero attached hydrogens (tertiary/aromatic N) is 4. The maximum atomic E-state index is 4.85. The molecule has 0 saturated carbocycles. The number of pyridine rings is 1. The summed E-state index contributed by atoms with van der Waals surface area (Å²) in [6.45, 7) is 2.19. The molecule has 158 valence electrons. The number of hydrogen-bond donors (Lipinski definition) is 0. The Kier molecular flexibility index (Phi) is 6.80. The number of aromatic nitrogens is 2. The highest BCUT2D eigenvalue weighted by Gasteiger charge is 2.19. The highest BCUT2D eigenvalue weighted by molar-refractivity contribution is 9.10. The third kappa shape index (κ3) is 4.99. The molecule has 0 atom stereocenters. The second-order valence-electron chi connectivity index (χ2n) is 8.50. The van der Waals surface area contributed by atoms with Crippen LogP contribution in [-0.2, 0) is 7.05 Å². The van der Waals surface area contributed by atoms with Crippen LogP contribution in [0.3, 0.4) is 0 Å². The van der Waals surface area contributed by atoms with Crippen molar-refractivity contribution in [1.29, 1.82) is 0 Å². The quantitative estimate of drug-likeness (QED) is 0.350. The molecule has 0 amide bonds. The van der Waals surface area contributed by atoms with E-state index in [1.54, 1.807) is 11.3 Å². The highest BCUT2D eigenvalue weighted by atomic mass is 79.9. The first kappa shape index (κ1) is 22.7. The van der Waals surface area contributed by atoms with Crippen LogP contribution in [0.2, 0.25) is 0 Å². The van der Waals surface area contributed by atoms with Gasteiger partial charge in [-0.2, -0.15) is 0 Å². The Morgan fingerprint density at radius 1 is 1.23 bits per heavy atom. The van der Waals surface area contributed by atoms with Gasteiger partial charge in [-0.25, -0.2) is 4.57 Å². The maximum Gasteiger partial charge on any atom is 0.342 e. The molecular weight excluding hydrogens is 456 g/mol. The number of fused-ring (bicyclic) bond motifs is 2. The zero-order chi connectivity index (χ0) is 20.6. The summed E-state index contributed by atoms with van der Waals surface area (Å²) in [4.78, 5) is 7.22. The van der Waals surface area contributed by atoms with Gasteiger partial charge in [0.15, 0.2) is 0 Å². The Bertz CT molecular complexity index is 1110. The van der Waals surface area contributed by atoms with Crippen LogP contribution in [0, 0.1) is 0 Å². The minimum Gasteiger partial charge on any atom is -0.347 e. The maximum absolute atomic E-state index is 4.85. The van der Waals surface area contributed by atoms with Gasteiger partial charge in [-0.1, -0.05) is 37.0 Å². The zero-order valence-electron chi connectivity index (χ0n) is 17.4. The number of thiazole rings is 1. The third-order valence-corrected chi connectivity index (χ3v) is 6.41. The minimum absolute atomic E-state index is 0. The van der Waals surface area contributed by atoms with Crippen molar-refractivity contribution in [1.82, 2.24) is 4.98 Å². The predicted octanol–water partition coefficient (Wildman–Crippen LogP) is 5.49. The fraction of sp³-hybridized carbons (Fsp3) is 0.333. The number of para-hydroxylation sites is 1. The number of hydrogen-bond acceptors (Lipinski definition) is 3. The number of halogens is 1. The lowest BCUT2D eigenvalue weighted by Gasteiger charge is -2.29. The van der Waals surface area contributed by atoms with Crippen molar-refractivity contribution in [3.05, 3.63) is 63.8 Å². The van der Waals surface area contributed by atoms with E-state index in [1.165, 1.54) is 21.5 Å². The molecule has 0 N–H and O–H groups in total. The standard InChI is InChI=1S/C23H27BrN4S.CH4/c1-26-16-18(24)15-21-23(26)25-22(29-21)14-17-10-12-27(11-7-13-28(2,3)4)20-9-6-5-8-19(17)20;/h5-6,8-10,12,14-16H,7,11,13H2,1-4H3;1H4/q+2;. The Labute approximate surface area is 192 Å². The summed E-state index contributed by atoms with van der Waals surface area (Å²) in [5, 5.41) is 1.03. The van der Waals surface area contributed by atoms with Crippen LogP contribution in [-0.4, -0.2) is 43.7 Å². The molecule has 0 spiro atoms. The SMILES string of the molecule is C.C[n+]1cc(Br)cc2sc(/C=C3\C=CN(CCC[N+](C)(C)C)c4ccccc43)nc21. The average Bonchev–Trinajstić information content (AvgIpc) is 3.05. The van der Waals surface area contributed by atoms with E-state index in [-0.39, 0.29) is 7.43 Å². The van der Waals surface area contributed by atoms with Crippen molar-refractivity contribution in [2.45, 2.75) is 13.8 Å².